The Kier molecular flexibility index (Phi) is 8.06. The molecule has 0 aromatic rings. The lowest BCUT2D eigenvalue weighted by Crippen LogP contribution is -2.41. The first-order chi connectivity index (χ1) is 8.75. The van der Waals surface area contributed by atoms with Crippen LogP contribution in [0.4, 0.5) is 0 Å². The summed E-state index contributed by atoms with van der Waals surface area (Å²) in [6.07, 6.45) is 11.9. The summed E-state index contributed by atoms with van der Waals surface area (Å²) in [6.45, 7) is 4.18. The summed E-state index contributed by atoms with van der Waals surface area (Å²) in [4.78, 5) is 13.5. The summed E-state index contributed by atoms with van der Waals surface area (Å²) in [7, 11) is 0. The molecule has 1 fully saturated rings. The van der Waals surface area contributed by atoms with E-state index >= 15 is 0 Å². The Hall–Kier alpha value is -0.570. The topological polar surface area (TPSA) is 40.5 Å². The maximum absolute atomic E-state index is 11.2. The zero-order valence-electron chi connectivity index (χ0n) is 11.9. The molecule has 0 saturated carbocycles. The van der Waals surface area contributed by atoms with E-state index in [-0.39, 0.29) is 6.04 Å². The van der Waals surface area contributed by atoms with E-state index in [9.17, 15) is 9.90 Å². The van der Waals surface area contributed by atoms with Gasteiger partial charge in [0.15, 0.2) is 0 Å². The summed E-state index contributed by atoms with van der Waals surface area (Å²) in [5.41, 5.74) is 0. The van der Waals surface area contributed by atoms with Crippen LogP contribution in [-0.2, 0) is 4.79 Å². The Labute approximate surface area is 112 Å². The molecule has 0 radical (unpaired) electrons. The second kappa shape index (κ2) is 9.37. The third-order valence-electron chi connectivity index (χ3n) is 3.95. The molecule has 0 aromatic heterocycles. The van der Waals surface area contributed by atoms with Crippen molar-refractivity contribution in [2.24, 2.45) is 0 Å². The van der Waals surface area contributed by atoms with Gasteiger partial charge >= 0.3 is 5.97 Å². The zero-order valence-corrected chi connectivity index (χ0v) is 11.9. The van der Waals surface area contributed by atoms with Crippen molar-refractivity contribution in [2.75, 3.05) is 13.1 Å². The molecule has 1 aliphatic heterocycles. The van der Waals surface area contributed by atoms with Crippen LogP contribution in [0.5, 0.6) is 0 Å². The van der Waals surface area contributed by atoms with Crippen LogP contribution in [0, 0.1) is 0 Å². The fourth-order valence-corrected chi connectivity index (χ4v) is 2.81. The van der Waals surface area contributed by atoms with Gasteiger partial charge in [0, 0.05) is 0 Å². The first-order valence-corrected chi connectivity index (χ1v) is 7.72. The second-order valence-electron chi connectivity index (χ2n) is 5.51. The predicted octanol–water partition coefficient (Wildman–Crippen LogP) is 3.68. The minimum absolute atomic E-state index is 0.219. The smallest absolute Gasteiger partial charge is 0.320 e. The molecule has 1 heterocycles. The molecule has 1 rings (SSSR count). The van der Waals surface area contributed by atoms with Gasteiger partial charge in [-0.3, -0.25) is 9.69 Å². The maximum Gasteiger partial charge on any atom is 0.320 e. The van der Waals surface area contributed by atoms with Crippen LogP contribution in [0.15, 0.2) is 0 Å². The van der Waals surface area contributed by atoms with E-state index in [1.807, 2.05) is 0 Å². The molecule has 3 heteroatoms. The van der Waals surface area contributed by atoms with E-state index in [2.05, 4.69) is 11.8 Å². The van der Waals surface area contributed by atoms with Gasteiger partial charge in [-0.2, -0.15) is 0 Å². The van der Waals surface area contributed by atoms with Crippen LogP contribution >= 0.6 is 0 Å². The lowest BCUT2D eigenvalue weighted by atomic mass is 10.1. The molecular formula is C15H29NO2. The number of nitrogens with zero attached hydrogens (tertiary/aromatic N) is 1. The van der Waals surface area contributed by atoms with Crippen molar-refractivity contribution in [1.29, 1.82) is 0 Å². The predicted molar refractivity (Wildman–Crippen MR) is 74.8 cm³/mol. The van der Waals surface area contributed by atoms with Gasteiger partial charge in [0.1, 0.15) is 6.04 Å². The van der Waals surface area contributed by atoms with Gasteiger partial charge in [-0.15, -0.1) is 0 Å². The molecule has 1 aliphatic rings. The number of carboxylic acids is 1. The number of hydrogen-bond donors (Lipinski definition) is 1. The van der Waals surface area contributed by atoms with Crippen LogP contribution in [0.25, 0.3) is 0 Å². The monoisotopic (exact) mass is 255 g/mol. The highest BCUT2D eigenvalue weighted by Crippen LogP contribution is 2.18. The van der Waals surface area contributed by atoms with Crippen molar-refractivity contribution in [3.05, 3.63) is 0 Å². The van der Waals surface area contributed by atoms with Crippen molar-refractivity contribution < 1.29 is 9.90 Å². The Morgan fingerprint density at radius 2 is 1.83 bits per heavy atom. The van der Waals surface area contributed by atoms with Crippen molar-refractivity contribution in [2.45, 2.75) is 77.2 Å². The molecule has 106 valence electrons. The second-order valence-corrected chi connectivity index (χ2v) is 5.51. The van der Waals surface area contributed by atoms with Crippen molar-refractivity contribution in [3.63, 3.8) is 0 Å². The van der Waals surface area contributed by atoms with Crippen LogP contribution in [-0.4, -0.2) is 35.1 Å². The summed E-state index contributed by atoms with van der Waals surface area (Å²) < 4.78 is 0. The molecule has 0 aromatic carbocycles. The Morgan fingerprint density at radius 3 is 2.56 bits per heavy atom. The largest absolute Gasteiger partial charge is 0.480 e. The van der Waals surface area contributed by atoms with Crippen molar-refractivity contribution >= 4 is 5.97 Å². The van der Waals surface area contributed by atoms with E-state index in [0.29, 0.717) is 0 Å². The molecule has 0 aliphatic carbocycles. The van der Waals surface area contributed by atoms with Gasteiger partial charge < -0.3 is 5.11 Å². The SMILES string of the molecule is CCCCCCCCN1CCCCCC1C(=O)O. The molecule has 1 atom stereocenters. The molecule has 0 bridgehead atoms. The summed E-state index contributed by atoms with van der Waals surface area (Å²) in [5.74, 6) is -0.622. The molecule has 1 saturated heterocycles. The number of aliphatic carboxylic acids is 1. The van der Waals surface area contributed by atoms with Gasteiger partial charge in [0.25, 0.3) is 0 Å². The van der Waals surface area contributed by atoms with Crippen molar-refractivity contribution in [3.8, 4) is 0 Å². The minimum atomic E-state index is -0.622. The minimum Gasteiger partial charge on any atom is -0.480 e. The first kappa shape index (κ1) is 15.5. The molecule has 0 amide bonds. The molecule has 1 unspecified atom stereocenters. The maximum atomic E-state index is 11.2. The van der Waals surface area contributed by atoms with E-state index < -0.39 is 5.97 Å². The number of rotatable bonds is 8. The van der Waals surface area contributed by atoms with Gasteiger partial charge in [-0.25, -0.2) is 0 Å². The summed E-state index contributed by atoms with van der Waals surface area (Å²) in [6, 6.07) is -0.219. The quantitative estimate of drug-likeness (QED) is 0.673. The third-order valence-corrected chi connectivity index (χ3v) is 3.95. The molecule has 1 N–H and O–H groups in total. The van der Waals surface area contributed by atoms with E-state index in [1.54, 1.807) is 0 Å². The van der Waals surface area contributed by atoms with Crippen LogP contribution in [0.3, 0.4) is 0 Å². The average molecular weight is 255 g/mol. The molecule has 3 nitrogen and oxygen atoms in total. The lowest BCUT2D eigenvalue weighted by molar-refractivity contribution is -0.143. The summed E-state index contributed by atoms with van der Waals surface area (Å²) in [5, 5.41) is 9.26. The highest BCUT2D eigenvalue weighted by Gasteiger charge is 2.26. The number of hydrogen-bond acceptors (Lipinski definition) is 2. The normalized spacial score (nSPS) is 21.7. The van der Waals surface area contributed by atoms with E-state index in [4.69, 9.17) is 0 Å². The number of likely N-dealkylation sites (tertiary alicyclic amines) is 1. The molecule has 18 heavy (non-hydrogen) atoms. The Morgan fingerprint density at radius 1 is 1.11 bits per heavy atom. The fourth-order valence-electron chi connectivity index (χ4n) is 2.81. The van der Waals surface area contributed by atoms with Gasteiger partial charge in [0.05, 0.1) is 0 Å². The van der Waals surface area contributed by atoms with Gasteiger partial charge in [-0.1, -0.05) is 51.9 Å². The lowest BCUT2D eigenvalue weighted by Gasteiger charge is -2.26. The Balaban J connectivity index is 2.22. The molecule has 0 spiro atoms. The first-order valence-electron chi connectivity index (χ1n) is 7.72. The average Bonchev–Trinajstić information content (AvgIpc) is 2.59. The van der Waals surface area contributed by atoms with Crippen LogP contribution < -0.4 is 0 Å². The van der Waals surface area contributed by atoms with Crippen molar-refractivity contribution in [1.82, 2.24) is 4.90 Å². The van der Waals surface area contributed by atoms with Gasteiger partial charge in [-0.05, 0) is 32.4 Å². The highest BCUT2D eigenvalue weighted by molar-refractivity contribution is 5.73. The Bertz CT molecular complexity index is 231. The zero-order chi connectivity index (χ0) is 13.2. The van der Waals surface area contributed by atoms with Crippen LogP contribution in [0.2, 0.25) is 0 Å². The fraction of sp³-hybridized carbons (Fsp3) is 0.933. The van der Waals surface area contributed by atoms with Crippen LogP contribution in [0.1, 0.15) is 71.1 Å². The van der Waals surface area contributed by atoms with E-state index in [1.165, 1.54) is 44.9 Å². The highest BCUT2D eigenvalue weighted by atomic mass is 16.4. The number of carboxylic acid groups (broad SMARTS) is 1. The summed E-state index contributed by atoms with van der Waals surface area (Å²) >= 11 is 0. The number of carbonyl (C=O) groups is 1. The van der Waals surface area contributed by atoms with Gasteiger partial charge in [0.2, 0.25) is 0 Å². The van der Waals surface area contributed by atoms with E-state index in [0.717, 1.165) is 32.4 Å². The molecular weight excluding hydrogens is 226 g/mol. The standard InChI is InChI=1S/C15H29NO2/c1-2-3-4-5-6-9-12-16-13-10-7-8-11-14(16)15(17)18/h14H,2-13H2,1H3,(H,17,18). The third kappa shape index (κ3) is 5.85. The number of unbranched alkanes of at least 4 members (excludes halogenated alkanes) is 5.